The lowest BCUT2D eigenvalue weighted by atomic mass is 10.1. The summed E-state index contributed by atoms with van der Waals surface area (Å²) in [6.45, 7) is 0.410. The van der Waals surface area contributed by atoms with E-state index in [2.05, 4.69) is 28.7 Å². The Hall–Kier alpha value is -0.310. The Morgan fingerprint density at radius 1 is 1.58 bits per heavy atom. The van der Waals surface area contributed by atoms with E-state index < -0.39 is 0 Å². The van der Waals surface area contributed by atoms with Gasteiger partial charge in [0, 0.05) is 15.1 Å². The third-order valence-electron chi connectivity index (χ3n) is 1.45. The normalized spacial score (nSPS) is 9.50. The lowest BCUT2D eigenvalue weighted by Gasteiger charge is -2.03. The maximum Gasteiger partial charge on any atom is 0.100 e. The number of nitrogens with zero attached hydrogens (tertiary/aromatic N) is 1. The Morgan fingerprint density at radius 2 is 2.25 bits per heavy atom. The summed E-state index contributed by atoms with van der Waals surface area (Å²) in [6.07, 6.45) is 0. The summed E-state index contributed by atoms with van der Waals surface area (Å²) >= 11 is 7.87. The van der Waals surface area contributed by atoms with E-state index in [0.29, 0.717) is 17.1 Å². The minimum atomic E-state index is 0.410. The van der Waals surface area contributed by atoms with Crippen molar-refractivity contribution in [2.24, 2.45) is 5.73 Å². The van der Waals surface area contributed by atoms with Crippen LogP contribution in [-0.2, 0) is 6.54 Å². The average molecular weight is 293 g/mol. The number of hydrogen-bond donors (Lipinski definition) is 1. The first-order chi connectivity index (χ1) is 5.69. The standard InChI is InChI=1S/C8H6ClIN2/c9-7-1-5(3-11)8(10)6(2-7)4-12/h1-2H,3,11H2. The van der Waals surface area contributed by atoms with Gasteiger partial charge in [0.15, 0.2) is 0 Å². The number of benzene rings is 1. The number of rotatable bonds is 1. The van der Waals surface area contributed by atoms with E-state index in [1.165, 1.54) is 0 Å². The smallest absolute Gasteiger partial charge is 0.100 e. The molecule has 0 aliphatic rings. The maximum atomic E-state index is 8.71. The van der Waals surface area contributed by atoms with Gasteiger partial charge in [-0.3, -0.25) is 0 Å². The van der Waals surface area contributed by atoms with Crippen LogP contribution in [0.25, 0.3) is 0 Å². The molecule has 12 heavy (non-hydrogen) atoms. The molecule has 0 bridgehead atoms. The Kier molecular flexibility index (Phi) is 3.32. The van der Waals surface area contributed by atoms with Gasteiger partial charge in [0.1, 0.15) is 6.07 Å². The molecule has 0 spiro atoms. The van der Waals surface area contributed by atoms with E-state index in [0.717, 1.165) is 9.13 Å². The van der Waals surface area contributed by atoms with Crippen molar-refractivity contribution in [2.75, 3.05) is 0 Å². The third-order valence-corrected chi connectivity index (χ3v) is 2.95. The second kappa shape index (κ2) is 4.08. The fourth-order valence-corrected chi connectivity index (χ4v) is 1.77. The van der Waals surface area contributed by atoms with Crippen molar-refractivity contribution < 1.29 is 0 Å². The van der Waals surface area contributed by atoms with Crippen molar-refractivity contribution in [3.05, 3.63) is 31.9 Å². The number of nitriles is 1. The summed E-state index contributed by atoms with van der Waals surface area (Å²) in [5.74, 6) is 0. The van der Waals surface area contributed by atoms with Crippen LogP contribution in [0.1, 0.15) is 11.1 Å². The summed E-state index contributed by atoms with van der Waals surface area (Å²) in [5, 5.41) is 9.27. The van der Waals surface area contributed by atoms with E-state index >= 15 is 0 Å². The van der Waals surface area contributed by atoms with Crippen LogP contribution in [0.4, 0.5) is 0 Å². The van der Waals surface area contributed by atoms with Crippen molar-refractivity contribution in [1.82, 2.24) is 0 Å². The van der Waals surface area contributed by atoms with E-state index in [1.54, 1.807) is 12.1 Å². The topological polar surface area (TPSA) is 49.8 Å². The fraction of sp³-hybridized carbons (Fsp3) is 0.125. The van der Waals surface area contributed by atoms with Crippen LogP contribution in [0.2, 0.25) is 5.02 Å². The average Bonchev–Trinajstić information content (AvgIpc) is 2.08. The van der Waals surface area contributed by atoms with Gasteiger partial charge in [-0.05, 0) is 40.3 Å². The molecule has 0 aliphatic heterocycles. The first-order valence-electron chi connectivity index (χ1n) is 3.27. The summed E-state index contributed by atoms with van der Waals surface area (Å²) in [5.41, 5.74) is 6.97. The van der Waals surface area contributed by atoms with Crippen molar-refractivity contribution in [2.45, 2.75) is 6.54 Å². The zero-order valence-electron chi connectivity index (χ0n) is 6.14. The lowest BCUT2D eigenvalue weighted by Crippen LogP contribution is -2.00. The van der Waals surface area contributed by atoms with Crippen molar-refractivity contribution in [3.63, 3.8) is 0 Å². The van der Waals surface area contributed by atoms with Gasteiger partial charge in [0.05, 0.1) is 5.56 Å². The van der Waals surface area contributed by atoms with Crippen LogP contribution in [0.15, 0.2) is 12.1 Å². The molecule has 4 heteroatoms. The Bertz CT molecular complexity index is 344. The molecule has 1 aromatic rings. The van der Waals surface area contributed by atoms with Crippen molar-refractivity contribution in [3.8, 4) is 6.07 Å². The fourth-order valence-electron chi connectivity index (χ4n) is 0.876. The van der Waals surface area contributed by atoms with Crippen molar-refractivity contribution in [1.29, 1.82) is 5.26 Å². The van der Waals surface area contributed by atoms with Crippen molar-refractivity contribution >= 4 is 34.2 Å². The minimum Gasteiger partial charge on any atom is -0.326 e. The van der Waals surface area contributed by atoms with Gasteiger partial charge in [0.2, 0.25) is 0 Å². The Balaban J connectivity index is 3.34. The largest absolute Gasteiger partial charge is 0.326 e. The van der Waals surface area contributed by atoms with Gasteiger partial charge in [-0.1, -0.05) is 11.6 Å². The van der Waals surface area contributed by atoms with Gasteiger partial charge < -0.3 is 5.73 Å². The molecule has 1 aromatic carbocycles. The third kappa shape index (κ3) is 1.89. The highest BCUT2D eigenvalue weighted by Crippen LogP contribution is 2.21. The quantitative estimate of drug-likeness (QED) is 0.807. The monoisotopic (exact) mass is 292 g/mol. The lowest BCUT2D eigenvalue weighted by molar-refractivity contribution is 1.06. The van der Waals surface area contributed by atoms with E-state index in [9.17, 15) is 0 Å². The van der Waals surface area contributed by atoms with E-state index in [-0.39, 0.29) is 0 Å². The molecule has 0 unspecified atom stereocenters. The number of nitrogens with two attached hydrogens (primary N) is 1. The van der Waals surface area contributed by atoms with Gasteiger partial charge in [-0.25, -0.2) is 0 Å². The molecule has 0 aliphatic carbocycles. The predicted molar refractivity (Wildman–Crippen MR) is 56.8 cm³/mol. The Morgan fingerprint density at radius 3 is 2.75 bits per heavy atom. The summed E-state index contributed by atoms with van der Waals surface area (Å²) in [4.78, 5) is 0. The highest BCUT2D eigenvalue weighted by molar-refractivity contribution is 14.1. The molecule has 0 fully saturated rings. The zero-order valence-corrected chi connectivity index (χ0v) is 9.06. The molecule has 0 saturated carbocycles. The molecular formula is C8H6ClIN2. The summed E-state index contributed by atoms with van der Waals surface area (Å²) in [7, 11) is 0. The molecule has 1 rings (SSSR count). The number of halogens is 2. The van der Waals surface area contributed by atoms with Crippen LogP contribution in [-0.4, -0.2) is 0 Å². The van der Waals surface area contributed by atoms with Gasteiger partial charge >= 0.3 is 0 Å². The first kappa shape index (κ1) is 9.78. The maximum absolute atomic E-state index is 8.71. The minimum absolute atomic E-state index is 0.410. The Labute approximate surface area is 89.5 Å². The highest BCUT2D eigenvalue weighted by atomic mass is 127. The second-order valence-corrected chi connectivity index (χ2v) is 3.76. The molecule has 0 amide bonds. The molecule has 2 N–H and O–H groups in total. The van der Waals surface area contributed by atoms with Gasteiger partial charge in [-0.15, -0.1) is 0 Å². The van der Waals surface area contributed by atoms with Crippen LogP contribution in [0.5, 0.6) is 0 Å². The molecule has 62 valence electrons. The molecule has 0 atom stereocenters. The molecule has 0 heterocycles. The summed E-state index contributed by atoms with van der Waals surface area (Å²) in [6, 6.07) is 5.49. The number of hydrogen-bond acceptors (Lipinski definition) is 2. The van der Waals surface area contributed by atoms with E-state index in [1.807, 2.05) is 0 Å². The van der Waals surface area contributed by atoms with Crippen LogP contribution < -0.4 is 5.73 Å². The second-order valence-electron chi connectivity index (χ2n) is 2.24. The molecular weight excluding hydrogens is 286 g/mol. The molecule has 0 saturated heterocycles. The van der Waals surface area contributed by atoms with E-state index in [4.69, 9.17) is 22.6 Å². The summed E-state index contributed by atoms with van der Waals surface area (Å²) < 4.78 is 0.891. The molecule has 0 aromatic heterocycles. The van der Waals surface area contributed by atoms with Crippen LogP contribution in [0, 0.1) is 14.9 Å². The molecule has 2 nitrogen and oxygen atoms in total. The van der Waals surface area contributed by atoms with Crippen LogP contribution in [0.3, 0.4) is 0 Å². The zero-order chi connectivity index (χ0) is 9.14. The SMILES string of the molecule is N#Cc1cc(Cl)cc(CN)c1I. The first-order valence-corrected chi connectivity index (χ1v) is 4.72. The van der Waals surface area contributed by atoms with Gasteiger partial charge in [0.25, 0.3) is 0 Å². The van der Waals surface area contributed by atoms with Crippen LogP contribution >= 0.6 is 34.2 Å². The molecule has 0 radical (unpaired) electrons. The predicted octanol–water partition coefficient (Wildman–Crippen LogP) is 2.27. The van der Waals surface area contributed by atoms with Gasteiger partial charge in [-0.2, -0.15) is 5.26 Å². The highest BCUT2D eigenvalue weighted by Gasteiger charge is 2.05.